The number of benzene rings is 1. The molecule has 3 aromatic rings. The molecular weight excluding hydrogens is 336 g/mol. The van der Waals surface area contributed by atoms with Gasteiger partial charge in [0.15, 0.2) is 0 Å². The molecule has 1 aromatic carbocycles. The first kappa shape index (κ1) is 15.7. The van der Waals surface area contributed by atoms with Gasteiger partial charge in [0.1, 0.15) is 16.2 Å². The molecule has 0 saturated carbocycles. The summed E-state index contributed by atoms with van der Waals surface area (Å²) >= 11 is 9.41. The van der Waals surface area contributed by atoms with Crippen LogP contribution in [0.15, 0.2) is 35.6 Å². The third kappa shape index (κ3) is 3.13. The molecule has 0 unspecified atom stereocenters. The van der Waals surface area contributed by atoms with Gasteiger partial charge >= 0.3 is 0 Å². The number of aromatic nitrogens is 2. The van der Waals surface area contributed by atoms with Crippen molar-refractivity contribution in [3.05, 3.63) is 40.5 Å². The van der Waals surface area contributed by atoms with Crippen molar-refractivity contribution in [1.29, 1.82) is 0 Å². The molecule has 3 nitrogen and oxygen atoms in total. The fraction of sp³-hybridized carbons (Fsp3) is 0.250. The zero-order valence-electron chi connectivity index (χ0n) is 12.3. The molecule has 2 aromatic heterocycles. The number of thiophene rings is 1. The third-order valence-corrected chi connectivity index (χ3v) is 5.51. The number of nitrogens with zero attached hydrogens (tertiary/aromatic N) is 2. The van der Waals surface area contributed by atoms with Crippen LogP contribution in [0, 0.1) is 6.92 Å². The zero-order valence-corrected chi connectivity index (χ0v) is 14.7. The van der Waals surface area contributed by atoms with Crippen LogP contribution in [0.1, 0.15) is 4.88 Å². The standard InChI is InChI=1S/C16H15ClN2OS2/c1-10-13(11-3-5-12(17)6-4-11)14-15(21-8-7-20-2)18-9-19-16(14)22-10/h3-6,9H,7-8H2,1-2H3. The van der Waals surface area contributed by atoms with Gasteiger partial charge in [-0.3, -0.25) is 0 Å². The van der Waals surface area contributed by atoms with Crippen molar-refractivity contribution in [2.24, 2.45) is 0 Å². The number of fused-ring (bicyclic) bond motifs is 1. The summed E-state index contributed by atoms with van der Waals surface area (Å²) in [6, 6.07) is 7.93. The van der Waals surface area contributed by atoms with Crippen LogP contribution in [0.4, 0.5) is 0 Å². The normalized spacial score (nSPS) is 11.2. The second kappa shape index (κ2) is 6.96. The fourth-order valence-corrected chi connectivity index (χ4v) is 4.42. The lowest BCUT2D eigenvalue weighted by atomic mass is 10.0. The van der Waals surface area contributed by atoms with Crippen molar-refractivity contribution in [2.45, 2.75) is 11.9 Å². The first-order valence-electron chi connectivity index (χ1n) is 6.82. The molecule has 0 aliphatic carbocycles. The first-order valence-corrected chi connectivity index (χ1v) is 9.00. The van der Waals surface area contributed by atoms with Crippen LogP contribution in [0.25, 0.3) is 21.3 Å². The summed E-state index contributed by atoms with van der Waals surface area (Å²) < 4.78 is 5.13. The van der Waals surface area contributed by atoms with Gasteiger partial charge in [0.05, 0.1) is 12.0 Å². The van der Waals surface area contributed by atoms with Gasteiger partial charge < -0.3 is 4.74 Å². The number of thioether (sulfide) groups is 1. The number of aryl methyl sites for hydroxylation is 1. The second-order valence-corrected chi connectivity index (χ2v) is 7.46. The van der Waals surface area contributed by atoms with Crippen molar-refractivity contribution in [3.8, 4) is 11.1 Å². The topological polar surface area (TPSA) is 35.0 Å². The maximum Gasteiger partial charge on any atom is 0.128 e. The summed E-state index contributed by atoms with van der Waals surface area (Å²) in [5, 5.41) is 2.89. The van der Waals surface area contributed by atoms with E-state index in [1.807, 2.05) is 24.3 Å². The van der Waals surface area contributed by atoms with Crippen LogP contribution in [-0.2, 0) is 4.74 Å². The quantitative estimate of drug-likeness (QED) is 0.366. The highest BCUT2D eigenvalue weighted by Crippen LogP contribution is 2.41. The van der Waals surface area contributed by atoms with E-state index in [9.17, 15) is 0 Å². The summed E-state index contributed by atoms with van der Waals surface area (Å²) in [6.07, 6.45) is 1.64. The molecule has 0 saturated heterocycles. The van der Waals surface area contributed by atoms with Crippen molar-refractivity contribution >= 4 is 44.9 Å². The van der Waals surface area contributed by atoms with Gasteiger partial charge in [-0.05, 0) is 24.6 Å². The fourth-order valence-electron chi connectivity index (χ4n) is 2.31. The molecule has 0 N–H and O–H groups in total. The lowest BCUT2D eigenvalue weighted by molar-refractivity contribution is 0.218. The minimum atomic E-state index is 0.704. The van der Waals surface area contributed by atoms with E-state index < -0.39 is 0 Å². The Morgan fingerprint density at radius 3 is 2.73 bits per heavy atom. The number of ether oxygens (including phenoxy) is 1. The smallest absolute Gasteiger partial charge is 0.128 e. The SMILES string of the molecule is COCCSc1ncnc2sc(C)c(-c3ccc(Cl)cc3)c12. The van der Waals surface area contributed by atoms with E-state index in [0.29, 0.717) is 6.61 Å². The highest BCUT2D eigenvalue weighted by molar-refractivity contribution is 7.99. The Kier molecular flexibility index (Phi) is 4.98. The Balaban J connectivity index is 2.12. The van der Waals surface area contributed by atoms with Gasteiger partial charge in [0.2, 0.25) is 0 Å². The Morgan fingerprint density at radius 2 is 2.00 bits per heavy atom. The van der Waals surface area contributed by atoms with E-state index in [-0.39, 0.29) is 0 Å². The molecule has 3 rings (SSSR count). The molecule has 0 aliphatic rings. The first-order chi connectivity index (χ1) is 10.7. The summed E-state index contributed by atoms with van der Waals surface area (Å²) in [6.45, 7) is 2.83. The molecule has 0 amide bonds. The summed E-state index contributed by atoms with van der Waals surface area (Å²) in [7, 11) is 1.71. The molecule has 0 bridgehead atoms. The van der Waals surface area contributed by atoms with Crippen molar-refractivity contribution in [1.82, 2.24) is 9.97 Å². The predicted molar refractivity (Wildman–Crippen MR) is 95.2 cm³/mol. The molecule has 0 radical (unpaired) electrons. The van der Waals surface area contributed by atoms with Crippen LogP contribution in [-0.4, -0.2) is 29.4 Å². The molecule has 22 heavy (non-hydrogen) atoms. The van der Waals surface area contributed by atoms with Gasteiger partial charge in [-0.25, -0.2) is 9.97 Å². The lowest BCUT2D eigenvalue weighted by Gasteiger charge is -2.06. The number of methoxy groups -OCH3 is 1. The average molecular weight is 351 g/mol. The van der Waals surface area contributed by atoms with Crippen LogP contribution in [0.5, 0.6) is 0 Å². The highest BCUT2D eigenvalue weighted by atomic mass is 35.5. The van der Waals surface area contributed by atoms with E-state index in [0.717, 1.165) is 31.6 Å². The molecule has 2 heterocycles. The van der Waals surface area contributed by atoms with E-state index in [4.69, 9.17) is 16.3 Å². The summed E-state index contributed by atoms with van der Waals surface area (Å²) in [4.78, 5) is 11.2. The summed E-state index contributed by atoms with van der Waals surface area (Å²) in [5.41, 5.74) is 2.36. The largest absolute Gasteiger partial charge is 0.384 e. The third-order valence-electron chi connectivity index (χ3n) is 3.29. The maximum atomic E-state index is 6.01. The molecule has 0 spiro atoms. The molecule has 0 aliphatic heterocycles. The zero-order chi connectivity index (χ0) is 15.5. The van der Waals surface area contributed by atoms with Crippen molar-refractivity contribution in [2.75, 3.05) is 19.5 Å². The van der Waals surface area contributed by atoms with Crippen LogP contribution < -0.4 is 0 Å². The highest BCUT2D eigenvalue weighted by Gasteiger charge is 2.16. The molecule has 0 fully saturated rings. The van der Waals surface area contributed by atoms with Crippen molar-refractivity contribution in [3.63, 3.8) is 0 Å². The average Bonchev–Trinajstić information content (AvgIpc) is 2.85. The minimum Gasteiger partial charge on any atom is -0.384 e. The van der Waals surface area contributed by atoms with Gasteiger partial charge in [-0.1, -0.05) is 23.7 Å². The Labute approximate surface area is 142 Å². The Hall–Kier alpha value is -1.14. The molecule has 114 valence electrons. The number of hydrogen-bond acceptors (Lipinski definition) is 5. The molecular formula is C16H15ClN2OS2. The molecule has 6 heteroatoms. The maximum absolute atomic E-state index is 6.01. The second-order valence-electron chi connectivity index (χ2n) is 4.74. The van der Waals surface area contributed by atoms with E-state index in [2.05, 4.69) is 16.9 Å². The Bertz CT molecular complexity index is 787. The van der Waals surface area contributed by atoms with E-state index in [1.54, 1.807) is 36.5 Å². The van der Waals surface area contributed by atoms with Crippen LogP contribution >= 0.6 is 34.7 Å². The monoisotopic (exact) mass is 350 g/mol. The van der Waals surface area contributed by atoms with Crippen LogP contribution in [0.2, 0.25) is 5.02 Å². The van der Waals surface area contributed by atoms with Gasteiger partial charge in [0, 0.05) is 28.3 Å². The lowest BCUT2D eigenvalue weighted by Crippen LogP contribution is -1.93. The minimum absolute atomic E-state index is 0.704. The van der Waals surface area contributed by atoms with Gasteiger partial charge in [-0.15, -0.1) is 23.1 Å². The van der Waals surface area contributed by atoms with Crippen LogP contribution in [0.3, 0.4) is 0 Å². The molecule has 0 atom stereocenters. The number of hydrogen-bond donors (Lipinski definition) is 0. The van der Waals surface area contributed by atoms with Crippen molar-refractivity contribution < 1.29 is 4.74 Å². The van der Waals surface area contributed by atoms with E-state index in [1.165, 1.54) is 10.4 Å². The predicted octanol–water partition coefficient (Wildman–Crippen LogP) is 5.06. The summed E-state index contributed by atoms with van der Waals surface area (Å²) in [5.74, 6) is 0.873. The van der Waals surface area contributed by atoms with Gasteiger partial charge in [-0.2, -0.15) is 0 Å². The van der Waals surface area contributed by atoms with Gasteiger partial charge in [0.25, 0.3) is 0 Å². The number of halogens is 1. The Morgan fingerprint density at radius 1 is 1.23 bits per heavy atom. The van der Waals surface area contributed by atoms with E-state index >= 15 is 0 Å². The number of rotatable bonds is 5.